The van der Waals surface area contributed by atoms with Gasteiger partial charge in [0.25, 0.3) is 0 Å². The van der Waals surface area contributed by atoms with Crippen molar-refractivity contribution in [3.8, 4) is 23.3 Å². The normalized spacial score (nSPS) is 17.0. The van der Waals surface area contributed by atoms with Crippen LogP contribution in [0.15, 0.2) is 47.1 Å². The molecule has 3 heterocycles. The van der Waals surface area contributed by atoms with Gasteiger partial charge in [0.15, 0.2) is 0 Å². The fraction of sp³-hybridized carbons (Fsp3) is 0.300. The molecular weight excluding hydrogens is 342 g/mol. The van der Waals surface area contributed by atoms with Gasteiger partial charge < -0.3 is 9.26 Å². The van der Waals surface area contributed by atoms with Crippen molar-refractivity contribution in [2.75, 3.05) is 13.7 Å². The second-order valence-electron chi connectivity index (χ2n) is 6.49. The minimum absolute atomic E-state index is 0.0863. The minimum Gasteiger partial charge on any atom is -0.481 e. The van der Waals surface area contributed by atoms with E-state index in [1.54, 1.807) is 19.4 Å². The molecule has 1 fully saturated rings. The van der Waals surface area contributed by atoms with E-state index in [1.807, 2.05) is 30.3 Å². The van der Waals surface area contributed by atoms with Crippen molar-refractivity contribution in [1.29, 1.82) is 5.26 Å². The SMILES string of the molecule is COc1ccc(-c2noc(C3CCCN3Cc3cccc(C#N)c3)n2)cn1. The van der Waals surface area contributed by atoms with Crippen LogP contribution in [0.25, 0.3) is 11.4 Å². The molecule has 7 heteroatoms. The quantitative estimate of drug-likeness (QED) is 0.688. The van der Waals surface area contributed by atoms with Gasteiger partial charge in [0.05, 0.1) is 24.8 Å². The Morgan fingerprint density at radius 3 is 3.04 bits per heavy atom. The van der Waals surface area contributed by atoms with Crippen LogP contribution in [0.3, 0.4) is 0 Å². The van der Waals surface area contributed by atoms with Gasteiger partial charge in [-0.3, -0.25) is 4.90 Å². The molecule has 3 aromatic rings. The molecular formula is C20H19N5O2. The van der Waals surface area contributed by atoms with Crippen LogP contribution in [0, 0.1) is 11.3 Å². The summed E-state index contributed by atoms with van der Waals surface area (Å²) in [5.74, 6) is 1.69. The lowest BCUT2D eigenvalue weighted by molar-refractivity contribution is 0.201. The molecule has 7 nitrogen and oxygen atoms in total. The summed E-state index contributed by atoms with van der Waals surface area (Å²) in [6, 6.07) is 13.6. The van der Waals surface area contributed by atoms with Crippen molar-refractivity contribution >= 4 is 0 Å². The van der Waals surface area contributed by atoms with Gasteiger partial charge in [-0.2, -0.15) is 10.2 Å². The summed E-state index contributed by atoms with van der Waals surface area (Å²) < 4.78 is 10.6. The highest BCUT2D eigenvalue weighted by Gasteiger charge is 2.30. The third-order valence-corrected chi connectivity index (χ3v) is 4.74. The average molecular weight is 361 g/mol. The number of nitrogens with zero attached hydrogens (tertiary/aromatic N) is 5. The lowest BCUT2D eigenvalue weighted by atomic mass is 10.1. The molecule has 136 valence electrons. The number of nitriles is 1. The first-order chi connectivity index (χ1) is 13.3. The molecule has 1 unspecified atom stereocenters. The van der Waals surface area contributed by atoms with E-state index < -0.39 is 0 Å². The molecule has 0 aliphatic carbocycles. The second-order valence-corrected chi connectivity index (χ2v) is 6.49. The Hall–Kier alpha value is -3.24. The van der Waals surface area contributed by atoms with E-state index in [-0.39, 0.29) is 6.04 Å². The zero-order valence-electron chi connectivity index (χ0n) is 15.0. The summed E-state index contributed by atoms with van der Waals surface area (Å²) >= 11 is 0. The van der Waals surface area contributed by atoms with Crippen molar-refractivity contribution in [1.82, 2.24) is 20.0 Å². The molecule has 0 radical (unpaired) electrons. The topological polar surface area (TPSA) is 88.1 Å². The minimum atomic E-state index is 0.0863. The molecule has 0 amide bonds. The number of methoxy groups -OCH3 is 1. The first-order valence-electron chi connectivity index (χ1n) is 8.84. The molecule has 2 aromatic heterocycles. The predicted molar refractivity (Wildman–Crippen MR) is 97.6 cm³/mol. The van der Waals surface area contributed by atoms with Crippen LogP contribution in [0.1, 0.15) is 35.9 Å². The zero-order valence-corrected chi connectivity index (χ0v) is 15.0. The summed E-state index contributed by atoms with van der Waals surface area (Å²) in [5, 5.41) is 13.2. The molecule has 1 saturated heterocycles. The third kappa shape index (κ3) is 3.66. The Bertz CT molecular complexity index is 961. The Kier molecular flexibility index (Phi) is 4.81. The van der Waals surface area contributed by atoms with Gasteiger partial charge in [0.1, 0.15) is 0 Å². The fourth-order valence-electron chi connectivity index (χ4n) is 3.39. The maximum Gasteiger partial charge on any atom is 0.244 e. The summed E-state index contributed by atoms with van der Waals surface area (Å²) in [6.07, 6.45) is 3.72. The van der Waals surface area contributed by atoms with Crippen molar-refractivity contribution in [3.05, 3.63) is 59.6 Å². The van der Waals surface area contributed by atoms with E-state index in [2.05, 4.69) is 26.1 Å². The lowest BCUT2D eigenvalue weighted by Gasteiger charge is -2.21. The van der Waals surface area contributed by atoms with Crippen molar-refractivity contribution in [2.24, 2.45) is 0 Å². The summed E-state index contributed by atoms with van der Waals surface area (Å²) in [4.78, 5) is 11.1. The maximum atomic E-state index is 9.09. The summed E-state index contributed by atoms with van der Waals surface area (Å²) in [5.41, 5.74) is 2.58. The van der Waals surface area contributed by atoms with E-state index in [0.29, 0.717) is 23.2 Å². The van der Waals surface area contributed by atoms with Crippen LogP contribution >= 0.6 is 0 Å². The molecule has 1 aliphatic rings. The molecule has 0 N–H and O–H groups in total. The van der Waals surface area contributed by atoms with Gasteiger partial charge in [-0.25, -0.2) is 4.98 Å². The average Bonchev–Trinajstić information content (AvgIpc) is 3.37. The first kappa shape index (κ1) is 17.2. The summed E-state index contributed by atoms with van der Waals surface area (Å²) in [6.45, 7) is 1.71. The maximum absolute atomic E-state index is 9.09. The van der Waals surface area contributed by atoms with E-state index in [4.69, 9.17) is 14.5 Å². The van der Waals surface area contributed by atoms with Crippen LogP contribution in [0.5, 0.6) is 5.88 Å². The van der Waals surface area contributed by atoms with Gasteiger partial charge in [0, 0.05) is 24.4 Å². The van der Waals surface area contributed by atoms with Crippen LogP contribution < -0.4 is 4.74 Å². The Morgan fingerprint density at radius 1 is 1.33 bits per heavy atom. The van der Waals surface area contributed by atoms with Crippen LogP contribution in [0.4, 0.5) is 0 Å². The van der Waals surface area contributed by atoms with Crippen molar-refractivity contribution in [3.63, 3.8) is 0 Å². The Balaban J connectivity index is 1.52. The zero-order chi connectivity index (χ0) is 18.6. The number of benzene rings is 1. The van der Waals surface area contributed by atoms with Gasteiger partial charge in [-0.15, -0.1) is 0 Å². The monoisotopic (exact) mass is 361 g/mol. The molecule has 0 saturated carbocycles. The van der Waals surface area contributed by atoms with E-state index >= 15 is 0 Å². The molecule has 0 bridgehead atoms. The molecule has 27 heavy (non-hydrogen) atoms. The number of likely N-dealkylation sites (tertiary alicyclic amines) is 1. The number of rotatable bonds is 5. The second kappa shape index (κ2) is 7.56. The largest absolute Gasteiger partial charge is 0.481 e. The number of aromatic nitrogens is 3. The first-order valence-corrected chi connectivity index (χ1v) is 8.84. The van der Waals surface area contributed by atoms with Crippen LogP contribution in [0.2, 0.25) is 0 Å². The predicted octanol–water partition coefficient (Wildman–Crippen LogP) is 3.35. The molecule has 1 aromatic carbocycles. The molecule has 0 spiro atoms. The van der Waals surface area contributed by atoms with E-state index in [0.717, 1.165) is 37.1 Å². The smallest absolute Gasteiger partial charge is 0.244 e. The van der Waals surface area contributed by atoms with Gasteiger partial charge in [-0.05, 0) is 43.1 Å². The van der Waals surface area contributed by atoms with Crippen LogP contribution in [-0.2, 0) is 6.54 Å². The van der Waals surface area contributed by atoms with E-state index in [9.17, 15) is 0 Å². The number of hydrogen-bond donors (Lipinski definition) is 0. The number of ether oxygens (including phenoxy) is 1. The summed E-state index contributed by atoms with van der Waals surface area (Å²) in [7, 11) is 1.58. The Morgan fingerprint density at radius 2 is 2.26 bits per heavy atom. The fourth-order valence-corrected chi connectivity index (χ4v) is 3.39. The van der Waals surface area contributed by atoms with Crippen molar-refractivity contribution in [2.45, 2.75) is 25.4 Å². The highest BCUT2D eigenvalue weighted by molar-refractivity contribution is 5.53. The molecule has 1 atom stereocenters. The number of hydrogen-bond acceptors (Lipinski definition) is 7. The van der Waals surface area contributed by atoms with Crippen molar-refractivity contribution < 1.29 is 9.26 Å². The lowest BCUT2D eigenvalue weighted by Crippen LogP contribution is -2.23. The number of pyridine rings is 1. The highest BCUT2D eigenvalue weighted by atomic mass is 16.5. The standard InChI is InChI=1S/C20H19N5O2/c1-26-18-8-7-16(12-22-18)19-23-20(27-24-19)17-6-3-9-25(17)13-15-5-2-4-14(10-15)11-21/h2,4-5,7-8,10,12,17H,3,6,9,13H2,1H3. The molecule has 4 rings (SSSR count). The van der Waals surface area contributed by atoms with Crippen LogP contribution in [-0.4, -0.2) is 33.7 Å². The Labute approximate surface area is 157 Å². The molecule has 1 aliphatic heterocycles. The van der Waals surface area contributed by atoms with Gasteiger partial charge in [0.2, 0.25) is 17.6 Å². The third-order valence-electron chi connectivity index (χ3n) is 4.74. The van der Waals surface area contributed by atoms with Gasteiger partial charge in [-0.1, -0.05) is 17.3 Å². The van der Waals surface area contributed by atoms with Gasteiger partial charge >= 0.3 is 0 Å². The highest BCUT2D eigenvalue weighted by Crippen LogP contribution is 2.33. The van der Waals surface area contributed by atoms with E-state index in [1.165, 1.54) is 0 Å².